The summed E-state index contributed by atoms with van der Waals surface area (Å²) in [6, 6.07) is 18.4. The fourth-order valence-corrected chi connectivity index (χ4v) is 2.83. The Morgan fingerprint density at radius 3 is 2.64 bits per heavy atom. The Morgan fingerprint density at radius 2 is 1.92 bits per heavy atom. The van der Waals surface area contributed by atoms with Crippen LogP contribution in [0.2, 0.25) is 0 Å². The number of carbonyl (C=O) groups excluding carboxylic acids is 1. The van der Waals surface area contributed by atoms with E-state index in [1.165, 1.54) is 17.0 Å². The fourth-order valence-electron chi connectivity index (χ4n) is 2.37. The SMILES string of the molecule is CSc1cccc(NC(=O)Cn2cnc(-c3ccccc3)cc2=O)c1. The molecule has 5 nitrogen and oxygen atoms in total. The quantitative estimate of drug-likeness (QED) is 0.717. The molecule has 0 aliphatic carbocycles. The van der Waals surface area contributed by atoms with E-state index in [9.17, 15) is 9.59 Å². The summed E-state index contributed by atoms with van der Waals surface area (Å²) in [5.74, 6) is -0.269. The molecule has 1 aromatic heterocycles. The molecule has 25 heavy (non-hydrogen) atoms. The molecule has 6 heteroatoms. The average Bonchev–Trinajstić information content (AvgIpc) is 2.64. The van der Waals surface area contributed by atoms with Gasteiger partial charge in [-0.1, -0.05) is 36.4 Å². The lowest BCUT2D eigenvalue weighted by atomic mass is 10.1. The van der Waals surface area contributed by atoms with Gasteiger partial charge in [-0.3, -0.25) is 14.2 Å². The molecule has 1 N–H and O–H groups in total. The monoisotopic (exact) mass is 351 g/mol. The molecule has 0 saturated carbocycles. The lowest BCUT2D eigenvalue weighted by Crippen LogP contribution is -2.27. The number of nitrogens with zero attached hydrogens (tertiary/aromatic N) is 2. The van der Waals surface area contributed by atoms with E-state index < -0.39 is 0 Å². The highest BCUT2D eigenvalue weighted by atomic mass is 32.2. The van der Waals surface area contributed by atoms with Crippen molar-refractivity contribution in [3.8, 4) is 11.3 Å². The Balaban J connectivity index is 1.72. The third-order valence-corrected chi connectivity index (χ3v) is 4.34. The summed E-state index contributed by atoms with van der Waals surface area (Å²) in [6.07, 6.45) is 3.38. The normalized spacial score (nSPS) is 10.4. The molecular weight excluding hydrogens is 334 g/mol. The van der Waals surface area contributed by atoms with Crippen molar-refractivity contribution in [2.24, 2.45) is 0 Å². The van der Waals surface area contributed by atoms with E-state index in [0.29, 0.717) is 11.4 Å². The summed E-state index contributed by atoms with van der Waals surface area (Å²) in [4.78, 5) is 29.8. The van der Waals surface area contributed by atoms with E-state index in [1.54, 1.807) is 11.8 Å². The zero-order chi connectivity index (χ0) is 17.6. The first-order valence-corrected chi connectivity index (χ1v) is 8.94. The van der Waals surface area contributed by atoms with Crippen LogP contribution in [0.5, 0.6) is 0 Å². The molecule has 0 radical (unpaired) electrons. The van der Waals surface area contributed by atoms with Gasteiger partial charge in [0.1, 0.15) is 6.54 Å². The van der Waals surface area contributed by atoms with Crippen LogP contribution in [-0.2, 0) is 11.3 Å². The van der Waals surface area contributed by atoms with E-state index in [2.05, 4.69) is 10.3 Å². The number of benzene rings is 2. The molecule has 1 heterocycles. The van der Waals surface area contributed by atoms with Gasteiger partial charge in [0.05, 0.1) is 12.0 Å². The summed E-state index contributed by atoms with van der Waals surface area (Å²) in [5.41, 5.74) is 1.90. The molecule has 0 fully saturated rings. The minimum atomic E-state index is -0.269. The van der Waals surface area contributed by atoms with Crippen molar-refractivity contribution in [1.29, 1.82) is 0 Å². The largest absolute Gasteiger partial charge is 0.324 e. The number of carbonyl (C=O) groups is 1. The highest BCUT2D eigenvalue weighted by molar-refractivity contribution is 7.98. The Morgan fingerprint density at radius 1 is 1.12 bits per heavy atom. The van der Waals surface area contributed by atoms with E-state index in [1.807, 2.05) is 60.9 Å². The maximum Gasteiger partial charge on any atom is 0.254 e. The van der Waals surface area contributed by atoms with Gasteiger partial charge in [0, 0.05) is 22.2 Å². The molecule has 0 unspecified atom stereocenters. The summed E-state index contributed by atoms with van der Waals surface area (Å²) in [7, 11) is 0. The lowest BCUT2D eigenvalue weighted by Gasteiger charge is -2.09. The van der Waals surface area contributed by atoms with Crippen LogP contribution < -0.4 is 10.9 Å². The molecule has 0 aliphatic rings. The van der Waals surface area contributed by atoms with Crippen LogP contribution in [0.25, 0.3) is 11.3 Å². The standard InChI is InChI=1S/C19H17N3O2S/c1-25-16-9-5-8-15(10-16)21-18(23)12-22-13-20-17(11-19(22)24)14-6-3-2-4-7-14/h2-11,13H,12H2,1H3,(H,21,23). The topological polar surface area (TPSA) is 64.0 Å². The van der Waals surface area contributed by atoms with Crippen molar-refractivity contribution in [2.75, 3.05) is 11.6 Å². The highest BCUT2D eigenvalue weighted by Crippen LogP contribution is 2.19. The molecule has 0 atom stereocenters. The van der Waals surface area contributed by atoms with Crippen molar-refractivity contribution in [3.05, 3.63) is 77.3 Å². The van der Waals surface area contributed by atoms with Crippen molar-refractivity contribution in [2.45, 2.75) is 11.4 Å². The molecule has 0 aliphatic heterocycles. The van der Waals surface area contributed by atoms with E-state index >= 15 is 0 Å². The molecule has 3 rings (SSSR count). The Labute approximate surface area is 149 Å². The van der Waals surface area contributed by atoms with Crippen molar-refractivity contribution in [3.63, 3.8) is 0 Å². The summed E-state index contributed by atoms with van der Waals surface area (Å²) < 4.78 is 1.29. The van der Waals surface area contributed by atoms with Crippen LogP contribution in [0, 0.1) is 0 Å². The van der Waals surface area contributed by atoms with Gasteiger partial charge in [-0.25, -0.2) is 4.98 Å². The molecule has 0 bridgehead atoms. The first-order chi connectivity index (χ1) is 12.2. The van der Waals surface area contributed by atoms with Crippen LogP contribution >= 0.6 is 11.8 Å². The highest BCUT2D eigenvalue weighted by Gasteiger charge is 2.08. The zero-order valence-corrected chi connectivity index (χ0v) is 14.5. The lowest BCUT2D eigenvalue weighted by molar-refractivity contribution is -0.116. The fraction of sp³-hybridized carbons (Fsp3) is 0.105. The van der Waals surface area contributed by atoms with Crippen LogP contribution in [0.1, 0.15) is 0 Å². The molecule has 0 saturated heterocycles. The summed E-state index contributed by atoms with van der Waals surface area (Å²) in [6.45, 7) is -0.0790. The second kappa shape index (κ2) is 7.81. The maximum absolute atomic E-state index is 12.2. The third kappa shape index (κ3) is 4.36. The Hall–Kier alpha value is -2.86. The van der Waals surface area contributed by atoms with E-state index in [0.717, 1.165) is 10.5 Å². The smallest absolute Gasteiger partial charge is 0.254 e. The minimum Gasteiger partial charge on any atom is -0.324 e. The first kappa shape index (κ1) is 17.0. The summed E-state index contributed by atoms with van der Waals surface area (Å²) in [5, 5.41) is 2.80. The van der Waals surface area contributed by atoms with E-state index in [4.69, 9.17) is 0 Å². The number of rotatable bonds is 5. The number of aromatic nitrogens is 2. The van der Waals surface area contributed by atoms with E-state index in [-0.39, 0.29) is 18.0 Å². The van der Waals surface area contributed by atoms with Crippen molar-refractivity contribution >= 4 is 23.4 Å². The van der Waals surface area contributed by atoms with Crippen molar-refractivity contribution in [1.82, 2.24) is 9.55 Å². The second-order valence-electron chi connectivity index (χ2n) is 5.39. The van der Waals surface area contributed by atoms with Gasteiger partial charge in [-0.15, -0.1) is 11.8 Å². The van der Waals surface area contributed by atoms with Gasteiger partial charge < -0.3 is 5.32 Å². The van der Waals surface area contributed by atoms with Gasteiger partial charge in [-0.2, -0.15) is 0 Å². The van der Waals surface area contributed by atoms with Gasteiger partial charge in [0.15, 0.2) is 0 Å². The van der Waals surface area contributed by atoms with Gasteiger partial charge in [0.2, 0.25) is 5.91 Å². The molecule has 126 valence electrons. The molecule has 0 spiro atoms. The predicted molar refractivity (Wildman–Crippen MR) is 101 cm³/mol. The predicted octanol–water partition coefficient (Wildman–Crippen LogP) is 3.27. The number of thioether (sulfide) groups is 1. The Kier molecular flexibility index (Phi) is 5.30. The average molecular weight is 351 g/mol. The van der Waals surface area contributed by atoms with Crippen LogP contribution in [0.3, 0.4) is 0 Å². The van der Waals surface area contributed by atoms with Gasteiger partial charge in [0.25, 0.3) is 5.56 Å². The molecule has 2 aromatic carbocycles. The number of amides is 1. The molecule has 1 amide bonds. The summed E-state index contributed by atoms with van der Waals surface area (Å²) >= 11 is 1.60. The van der Waals surface area contributed by atoms with Crippen LogP contribution in [0.4, 0.5) is 5.69 Å². The third-order valence-electron chi connectivity index (χ3n) is 3.62. The van der Waals surface area contributed by atoms with Gasteiger partial charge >= 0.3 is 0 Å². The maximum atomic E-state index is 12.2. The molecule has 3 aromatic rings. The van der Waals surface area contributed by atoms with Gasteiger partial charge in [-0.05, 0) is 24.5 Å². The number of hydrogen-bond acceptors (Lipinski definition) is 4. The number of nitrogens with one attached hydrogen (secondary N) is 1. The number of anilines is 1. The van der Waals surface area contributed by atoms with Crippen molar-refractivity contribution < 1.29 is 4.79 Å². The number of hydrogen-bond donors (Lipinski definition) is 1. The second-order valence-corrected chi connectivity index (χ2v) is 6.27. The molecular formula is C19H17N3O2S. The van der Waals surface area contributed by atoms with Crippen LogP contribution in [-0.4, -0.2) is 21.7 Å². The first-order valence-electron chi connectivity index (χ1n) is 7.71. The zero-order valence-electron chi connectivity index (χ0n) is 13.7. The Bertz CT molecular complexity index is 939. The minimum absolute atomic E-state index is 0.0790. The van der Waals surface area contributed by atoms with Crippen LogP contribution in [0.15, 0.2) is 76.7 Å².